The van der Waals surface area contributed by atoms with Crippen molar-refractivity contribution in [3.8, 4) is 11.5 Å². The maximum atomic E-state index is 10.1. The standard InChI is InChI=1S/C17H20N4O2/c1-4-11-8-18-16-15(11)17(20-9-19-16)21-10(2)13-7-12(23-3)5-6-14(13)22/h5-10,22H,4H2,1-3H3,(H2,18,19,20,21). The first kappa shape index (κ1) is 15.1. The van der Waals surface area contributed by atoms with Crippen LogP contribution >= 0.6 is 0 Å². The van der Waals surface area contributed by atoms with E-state index in [1.807, 2.05) is 19.2 Å². The van der Waals surface area contributed by atoms with Gasteiger partial charge in [0.2, 0.25) is 0 Å². The number of aryl methyl sites for hydroxylation is 1. The molecule has 0 saturated carbocycles. The van der Waals surface area contributed by atoms with Crippen LogP contribution in [0.15, 0.2) is 30.7 Å². The van der Waals surface area contributed by atoms with Crippen molar-refractivity contribution < 1.29 is 9.84 Å². The number of aromatic nitrogens is 3. The van der Waals surface area contributed by atoms with Gasteiger partial charge in [-0.3, -0.25) is 0 Å². The third-order valence-electron chi connectivity index (χ3n) is 3.99. The molecule has 0 aliphatic rings. The first-order valence-corrected chi connectivity index (χ1v) is 7.58. The molecule has 0 fully saturated rings. The molecule has 3 aromatic rings. The summed E-state index contributed by atoms with van der Waals surface area (Å²) in [4.78, 5) is 11.8. The fraction of sp³-hybridized carbons (Fsp3) is 0.294. The number of ether oxygens (including phenoxy) is 1. The van der Waals surface area contributed by atoms with Crippen LogP contribution < -0.4 is 10.1 Å². The molecular formula is C17H20N4O2. The molecule has 0 saturated heterocycles. The average Bonchev–Trinajstić information content (AvgIpc) is 2.99. The van der Waals surface area contributed by atoms with E-state index in [0.29, 0.717) is 5.75 Å². The molecule has 0 spiro atoms. The van der Waals surface area contributed by atoms with Gasteiger partial charge in [0.25, 0.3) is 0 Å². The van der Waals surface area contributed by atoms with Gasteiger partial charge in [0, 0.05) is 11.8 Å². The van der Waals surface area contributed by atoms with Crippen molar-refractivity contribution in [2.24, 2.45) is 0 Å². The Morgan fingerprint density at radius 2 is 2.17 bits per heavy atom. The lowest BCUT2D eigenvalue weighted by Crippen LogP contribution is -2.09. The Hall–Kier alpha value is -2.76. The number of nitrogens with one attached hydrogen (secondary N) is 2. The molecule has 2 aromatic heterocycles. The van der Waals surface area contributed by atoms with Crippen molar-refractivity contribution >= 4 is 16.9 Å². The largest absolute Gasteiger partial charge is 0.508 e. The predicted molar refractivity (Wildman–Crippen MR) is 90.0 cm³/mol. The lowest BCUT2D eigenvalue weighted by molar-refractivity contribution is 0.410. The number of phenols is 1. The summed E-state index contributed by atoms with van der Waals surface area (Å²) in [6, 6.07) is 5.05. The number of aromatic amines is 1. The van der Waals surface area contributed by atoms with Gasteiger partial charge >= 0.3 is 0 Å². The highest BCUT2D eigenvalue weighted by atomic mass is 16.5. The molecule has 1 aromatic carbocycles. The summed E-state index contributed by atoms with van der Waals surface area (Å²) in [6.07, 6.45) is 4.37. The first-order chi connectivity index (χ1) is 11.1. The molecule has 0 bridgehead atoms. The van der Waals surface area contributed by atoms with Crippen LogP contribution in [0.1, 0.15) is 31.0 Å². The molecule has 0 aliphatic carbocycles. The number of anilines is 1. The zero-order valence-electron chi connectivity index (χ0n) is 13.4. The normalized spacial score (nSPS) is 12.3. The minimum atomic E-state index is -0.136. The Labute approximate surface area is 134 Å². The van der Waals surface area contributed by atoms with Crippen LogP contribution in [0.25, 0.3) is 11.0 Å². The summed E-state index contributed by atoms with van der Waals surface area (Å²) in [6.45, 7) is 4.07. The molecular weight excluding hydrogens is 292 g/mol. The minimum Gasteiger partial charge on any atom is -0.508 e. The number of nitrogens with zero attached hydrogens (tertiary/aromatic N) is 2. The topological polar surface area (TPSA) is 83.1 Å². The maximum absolute atomic E-state index is 10.1. The molecule has 0 radical (unpaired) electrons. The fourth-order valence-electron chi connectivity index (χ4n) is 2.70. The Balaban J connectivity index is 1.97. The van der Waals surface area contributed by atoms with Gasteiger partial charge in [-0.25, -0.2) is 9.97 Å². The Morgan fingerprint density at radius 3 is 2.91 bits per heavy atom. The highest BCUT2D eigenvalue weighted by Crippen LogP contribution is 2.32. The zero-order valence-corrected chi connectivity index (χ0v) is 13.4. The number of rotatable bonds is 5. The molecule has 2 heterocycles. The number of hydrogen-bond donors (Lipinski definition) is 3. The van der Waals surface area contributed by atoms with Gasteiger partial charge in [-0.1, -0.05) is 6.92 Å². The quantitative estimate of drug-likeness (QED) is 0.672. The van der Waals surface area contributed by atoms with Gasteiger partial charge < -0.3 is 20.1 Å². The number of aromatic hydroxyl groups is 1. The van der Waals surface area contributed by atoms with Gasteiger partial charge in [-0.05, 0) is 37.1 Å². The number of phenolic OH excluding ortho intramolecular Hbond substituents is 1. The van der Waals surface area contributed by atoms with E-state index in [9.17, 15) is 5.11 Å². The van der Waals surface area contributed by atoms with Crippen LogP contribution in [0.5, 0.6) is 11.5 Å². The highest BCUT2D eigenvalue weighted by Gasteiger charge is 2.16. The SMILES string of the molecule is CCc1c[nH]c2ncnc(NC(C)c3cc(OC)ccc3O)c12. The molecule has 6 heteroatoms. The summed E-state index contributed by atoms with van der Waals surface area (Å²) in [7, 11) is 1.61. The molecule has 1 atom stereocenters. The number of fused-ring (bicyclic) bond motifs is 1. The Bertz CT molecular complexity index is 829. The summed E-state index contributed by atoms with van der Waals surface area (Å²) >= 11 is 0. The summed E-state index contributed by atoms with van der Waals surface area (Å²) in [5.41, 5.74) is 2.72. The number of benzene rings is 1. The van der Waals surface area contributed by atoms with Crippen molar-refractivity contribution in [3.05, 3.63) is 41.9 Å². The molecule has 23 heavy (non-hydrogen) atoms. The Kier molecular flexibility index (Phi) is 4.06. The average molecular weight is 312 g/mol. The van der Waals surface area contributed by atoms with Crippen LogP contribution in [0, 0.1) is 0 Å². The molecule has 3 rings (SSSR count). The summed E-state index contributed by atoms with van der Waals surface area (Å²) < 4.78 is 5.24. The summed E-state index contributed by atoms with van der Waals surface area (Å²) in [5.74, 6) is 1.68. The smallest absolute Gasteiger partial charge is 0.143 e. The second-order valence-electron chi connectivity index (χ2n) is 5.40. The number of H-pyrrole nitrogens is 1. The van der Waals surface area contributed by atoms with E-state index in [0.717, 1.165) is 34.4 Å². The molecule has 6 nitrogen and oxygen atoms in total. The van der Waals surface area contributed by atoms with E-state index < -0.39 is 0 Å². The third-order valence-corrected chi connectivity index (χ3v) is 3.99. The van der Waals surface area contributed by atoms with E-state index >= 15 is 0 Å². The van der Waals surface area contributed by atoms with Gasteiger partial charge in [-0.15, -0.1) is 0 Å². The van der Waals surface area contributed by atoms with E-state index in [-0.39, 0.29) is 11.8 Å². The van der Waals surface area contributed by atoms with Crippen LogP contribution in [0.2, 0.25) is 0 Å². The van der Waals surface area contributed by atoms with Gasteiger partial charge in [-0.2, -0.15) is 0 Å². The lowest BCUT2D eigenvalue weighted by atomic mass is 10.1. The van der Waals surface area contributed by atoms with Gasteiger partial charge in [0.05, 0.1) is 18.5 Å². The van der Waals surface area contributed by atoms with Crippen LogP contribution in [0.3, 0.4) is 0 Å². The Morgan fingerprint density at radius 1 is 1.35 bits per heavy atom. The second kappa shape index (κ2) is 6.16. The fourth-order valence-corrected chi connectivity index (χ4v) is 2.70. The van der Waals surface area contributed by atoms with E-state index in [1.54, 1.807) is 19.2 Å². The van der Waals surface area contributed by atoms with Gasteiger partial charge in [0.1, 0.15) is 29.3 Å². The van der Waals surface area contributed by atoms with Crippen molar-refractivity contribution in [2.75, 3.05) is 12.4 Å². The van der Waals surface area contributed by atoms with E-state index in [4.69, 9.17) is 4.74 Å². The van der Waals surface area contributed by atoms with Crippen molar-refractivity contribution in [1.29, 1.82) is 0 Å². The van der Waals surface area contributed by atoms with Crippen molar-refractivity contribution in [2.45, 2.75) is 26.3 Å². The lowest BCUT2D eigenvalue weighted by Gasteiger charge is -2.17. The first-order valence-electron chi connectivity index (χ1n) is 7.58. The van der Waals surface area contributed by atoms with Crippen molar-refractivity contribution in [1.82, 2.24) is 15.0 Å². The van der Waals surface area contributed by atoms with E-state index in [1.165, 1.54) is 6.33 Å². The van der Waals surface area contributed by atoms with Crippen LogP contribution in [-0.4, -0.2) is 27.2 Å². The zero-order chi connectivity index (χ0) is 16.4. The number of hydrogen-bond acceptors (Lipinski definition) is 5. The highest BCUT2D eigenvalue weighted by molar-refractivity contribution is 5.90. The molecule has 1 unspecified atom stereocenters. The van der Waals surface area contributed by atoms with Crippen LogP contribution in [0.4, 0.5) is 5.82 Å². The van der Waals surface area contributed by atoms with Crippen LogP contribution in [-0.2, 0) is 6.42 Å². The predicted octanol–water partition coefficient (Wildman–Crippen LogP) is 3.41. The van der Waals surface area contributed by atoms with Crippen molar-refractivity contribution in [3.63, 3.8) is 0 Å². The summed E-state index contributed by atoms with van der Waals surface area (Å²) in [5, 5.41) is 14.5. The minimum absolute atomic E-state index is 0.136. The molecule has 0 amide bonds. The number of methoxy groups -OCH3 is 1. The van der Waals surface area contributed by atoms with Gasteiger partial charge in [0.15, 0.2) is 0 Å². The van der Waals surface area contributed by atoms with E-state index in [2.05, 4.69) is 27.2 Å². The second-order valence-corrected chi connectivity index (χ2v) is 5.40. The maximum Gasteiger partial charge on any atom is 0.143 e. The monoisotopic (exact) mass is 312 g/mol. The molecule has 120 valence electrons. The third kappa shape index (κ3) is 2.79. The molecule has 0 aliphatic heterocycles. The molecule has 3 N–H and O–H groups in total.